The number of hydrogen-bond acceptors (Lipinski definition) is 4. The van der Waals surface area contributed by atoms with Crippen molar-refractivity contribution >= 4 is 17.4 Å². The molecule has 5 nitrogen and oxygen atoms in total. The molecule has 2 aromatic carbocycles. The van der Waals surface area contributed by atoms with Crippen LogP contribution in [0.2, 0.25) is 0 Å². The van der Waals surface area contributed by atoms with Gasteiger partial charge in [0.05, 0.1) is 5.57 Å². The number of nitrogens with zero attached hydrogens (tertiary/aromatic N) is 2. The van der Waals surface area contributed by atoms with Crippen molar-refractivity contribution in [3.63, 3.8) is 0 Å². The van der Waals surface area contributed by atoms with Gasteiger partial charge in [0, 0.05) is 32.8 Å². The number of hydrogen-bond donors (Lipinski definition) is 0. The maximum atomic E-state index is 13.6. The third-order valence-electron chi connectivity index (χ3n) is 6.02. The second kappa shape index (κ2) is 11.8. The first-order chi connectivity index (χ1) is 16.0. The monoisotopic (exact) mass is 448 g/mol. The van der Waals surface area contributed by atoms with Crippen molar-refractivity contribution in [1.82, 2.24) is 9.80 Å². The van der Waals surface area contributed by atoms with E-state index in [-0.39, 0.29) is 11.8 Å². The van der Waals surface area contributed by atoms with Gasteiger partial charge in [0.1, 0.15) is 5.70 Å². The third-order valence-corrected chi connectivity index (χ3v) is 6.02. The Morgan fingerprint density at radius 2 is 1.64 bits per heavy atom. The Kier molecular flexibility index (Phi) is 8.84. The number of imide groups is 1. The molecule has 176 valence electrons. The molecule has 5 heteroatoms. The second-order valence-corrected chi connectivity index (χ2v) is 8.62. The first kappa shape index (κ1) is 24.7. The van der Waals surface area contributed by atoms with Crippen molar-refractivity contribution in [3.8, 4) is 0 Å². The van der Waals surface area contributed by atoms with Gasteiger partial charge < -0.3 is 9.64 Å². The molecule has 0 atom stereocenters. The lowest BCUT2D eigenvalue weighted by Crippen LogP contribution is -2.36. The number of benzene rings is 2. The maximum Gasteiger partial charge on any atom is 0.277 e. The van der Waals surface area contributed by atoms with Gasteiger partial charge in [-0.1, -0.05) is 67.4 Å². The quantitative estimate of drug-likeness (QED) is 0.334. The first-order valence-electron chi connectivity index (χ1n) is 12.0. The fourth-order valence-corrected chi connectivity index (χ4v) is 4.22. The van der Waals surface area contributed by atoms with Crippen molar-refractivity contribution < 1.29 is 14.3 Å². The van der Waals surface area contributed by atoms with Crippen LogP contribution in [0.1, 0.15) is 55.4 Å². The van der Waals surface area contributed by atoms with Crippen LogP contribution in [-0.4, -0.2) is 47.9 Å². The highest BCUT2D eigenvalue weighted by Crippen LogP contribution is 2.34. The summed E-state index contributed by atoms with van der Waals surface area (Å²) in [6.45, 7) is 11.0. The largest absolute Gasteiger partial charge is 0.381 e. The molecule has 0 unspecified atom stereocenters. The van der Waals surface area contributed by atoms with E-state index in [0.29, 0.717) is 43.9 Å². The van der Waals surface area contributed by atoms with E-state index in [2.05, 4.69) is 13.0 Å². The van der Waals surface area contributed by atoms with Crippen molar-refractivity contribution in [3.05, 3.63) is 76.5 Å². The molecule has 0 N–H and O–H groups in total. The minimum absolute atomic E-state index is 0.206. The molecule has 0 aromatic heterocycles. The topological polar surface area (TPSA) is 49.9 Å². The van der Waals surface area contributed by atoms with Gasteiger partial charge in [0.15, 0.2) is 0 Å². The average Bonchev–Trinajstić information content (AvgIpc) is 3.05. The van der Waals surface area contributed by atoms with E-state index in [1.165, 1.54) is 4.90 Å². The van der Waals surface area contributed by atoms with Gasteiger partial charge in [-0.25, -0.2) is 0 Å². The van der Waals surface area contributed by atoms with E-state index in [9.17, 15) is 9.59 Å². The van der Waals surface area contributed by atoms with E-state index in [4.69, 9.17) is 4.74 Å². The number of likely N-dealkylation sites (N-methyl/N-ethyl adjacent to an activating group) is 1. The van der Waals surface area contributed by atoms with Crippen LogP contribution in [0.5, 0.6) is 0 Å². The zero-order valence-electron chi connectivity index (χ0n) is 20.4. The Balaban J connectivity index is 1.91. The minimum atomic E-state index is -0.207. The number of carbonyl (C=O) groups is 2. The minimum Gasteiger partial charge on any atom is -0.381 e. The molecule has 0 fully saturated rings. The molecule has 3 rings (SSSR count). The molecule has 33 heavy (non-hydrogen) atoms. The zero-order valence-corrected chi connectivity index (χ0v) is 20.4. The second-order valence-electron chi connectivity index (χ2n) is 8.62. The summed E-state index contributed by atoms with van der Waals surface area (Å²) in [6, 6.07) is 16.1. The van der Waals surface area contributed by atoms with Gasteiger partial charge in [-0.15, -0.1) is 0 Å². The van der Waals surface area contributed by atoms with Crippen molar-refractivity contribution in [2.45, 2.75) is 53.5 Å². The highest BCUT2D eigenvalue weighted by atomic mass is 16.5. The molecular formula is C28H36N2O3. The van der Waals surface area contributed by atoms with E-state index in [1.807, 2.05) is 68.1 Å². The number of unbranched alkanes of at least 4 members (excludes halogenated alkanes) is 1. The summed E-state index contributed by atoms with van der Waals surface area (Å²) in [5.74, 6) is -0.414. The average molecular weight is 449 g/mol. The Labute approximate surface area is 198 Å². The van der Waals surface area contributed by atoms with Crippen LogP contribution < -0.4 is 0 Å². The fourth-order valence-electron chi connectivity index (χ4n) is 4.22. The highest BCUT2D eigenvalue weighted by Gasteiger charge is 2.41. The Hall–Kier alpha value is -2.92. The SMILES string of the molecule is CCCCOCCCN1C(=O)C(c2ccc(C)cc2C)=C(N(CC)Cc2ccccc2)C1=O. The summed E-state index contributed by atoms with van der Waals surface area (Å²) in [6.07, 6.45) is 2.75. The smallest absolute Gasteiger partial charge is 0.277 e. The predicted molar refractivity (Wildman–Crippen MR) is 132 cm³/mol. The summed E-state index contributed by atoms with van der Waals surface area (Å²) >= 11 is 0. The Bertz CT molecular complexity index is 997. The zero-order chi connectivity index (χ0) is 23.8. The maximum absolute atomic E-state index is 13.6. The summed E-state index contributed by atoms with van der Waals surface area (Å²) in [5.41, 5.74) is 5.10. The molecule has 0 saturated carbocycles. The fraction of sp³-hybridized carbons (Fsp3) is 0.429. The van der Waals surface area contributed by atoms with Crippen LogP contribution in [0.4, 0.5) is 0 Å². The lowest BCUT2D eigenvalue weighted by Gasteiger charge is -2.25. The van der Waals surface area contributed by atoms with E-state index >= 15 is 0 Å². The van der Waals surface area contributed by atoms with E-state index < -0.39 is 0 Å². The standard InChI is InChI=1S/C28H36N2O3/c1-5-7-17-33-18-11-16-30-27(31)25(24-15-14-21(3)19-22(24)4)26(28(30)32)29(6-2)20-23-12-9-8-10-13-23/h8-10,12-15,19H,5-7,11,16-18,20H2,1-4H3. The summed E-state index contributed by atoms with van der Waals surface area (Å²) in [7, 11) is 0. The van der Waals surface area contributed by atoms with Crippen LogP contribution in [0, 0.1) is 13.8 Å². The van der Waals surface area contributed by atoms with Crippen molar-refractivity contribution in [2.24, 2.45) is 0 Å². The Morgan fingerprint density at radius 1 is 0.909 bits per heavy atom. The summed E-state index contributed by atoms with van der Waals surface area (Å²) in [4.78, 5) is 30.6. The lowest BCUT2D eigenvalue weighted by molar-refractivity contribution is -0.137. The van der Waals surface area contributed by atoms with Gasteiger partial charge in [-0.2, -0.15) is 0 Å². The van der Waals surface area contributed by atoms with Crippen LogP contribution >= 0.6 is 0 Å². The van der Waals surface area contributed by atoms with Crippen molar-refractivity contribution in [1.29, 1.82) is 0 Å². The van der Waals surface area contributed by atoms with Gasteiger partial charge in [0.2, 0.25) is 0 Å². The van der Waals surface area contributed by atoms with Crippen molar-refractivity contribution in [2.75, 3.05) is 26.3 Å². The number of ether oxygens (including phenoxy) is 1. The molecule has 1 heterocycles. The number of aryl methyl sites for hydroxylation is 2. The molecule has 2 amide bonds. The molecule has 1 aliphatic rings. The molecule has 1 aliphatic heterocycles. The molecule has 0 saturated heterocycles. The number of amides is 2. The third kappa shape index (κ3) is 5.91. The van der Waals surface area contributed by atoms with Crippen LogP contribution in [0.15, 0.2) is 54.2 Å². The van der Waals surface area contributed by atoms with E-state index in [0.717, 1.165) is 41.7 Å². The van der Waals surface area contributed by atoms with Gasteiger partial charge in [0.25, 0.3) is 11.8 Å². The van der Waals surface area contributed by atoms with Crippen LogP contribution in [0.3, 0.4) is 0 Å². The number of rotatable bonds is 12. The van der Waals surface area contributed by atoms with Crippen LogP contribution in [0.25, 0.3) is 5.57 Å². The molecule has 0 radical (unpaired) electrons. The summed E-state index contributed by atoms with van der Waals surface area (Å²) < 4.78 is 5.65. The highest BCUT2D eigenvalue weighted by molar-refractivity contribution is 6.35. The molecule has 0 aliphatic carbocycles. The molecule has 0 bridgehead atoms. The van der Waals surface area contributed by atoms with Crippen LogP contribution in [-0.2, 0) is 20.9 Å². The van der Waals surface area contributed by atoms with Gasteiger partial charge >= 0.3 is 0 Å². The van der Waals surface area contributed by atoms with Gasteiger partial charge in [-0.05, 0) is 50.3 Å². The molecule has 2 aromatic rings. The predicted octanol–water partition coefficient (Wildman–Crippen LogP) is 5.11. The first-order valence-corrected chi connectivity index (χ1v) is 12.0. The lowest BCUT2D eigenvalue weighted by atomic mass is 9.97. The normalized spacial score (nSPS) is 13.9. The molecular weight excluding hydrogens is 412 g/mol. The van der Waals surface area contributed by atoms with Gasteiger partial charge in [-0.3, -0.25) is 14.5 Å². The molecule has 0 spiro atoms. The van der Waals surface area contributed by atoms with E-state index in [1.54, 1.807) is 0 Å². The number of carbonyl (C=O) groups excluding carboxylic acids is 2. The Morgan fingerprint density at radius 3 is 2.30 bits per heavy atom. The summed E-state index contributed by atoms with van der Waals surface area (Å²) in [5, 5.41) is 0.